The average molecular weight is 421 g/mol. The van der Waals surface area contributed by atoms with Crippen molar-refractivity contribution < 1.29 is 14.3 Å². The van der Waals surface area contributed by atoms with Crippen LogP contribution in [-0.4, -0.2) is 64.4 Å². The molecule has 2 fully saturated rings. The van der Waals surface area contributed by atoms with Gasteiger partial charge in [0.05, 0.1) is 18.3 Å². The van der Waals surface area contributed by atoms with Crippen LogP contribution in [0.2, 0.25) is 0 Å². The van der Waals surface area contributed by atoms with Gasteiger partial charge in [0, 0.05) is 51.4 Å². The standard InChI is InChI=1S/C24H28N4O3/c1-17(29)26-11-8-19(9-12-26)27-16-20-13-22(27)24(30)28(15-18-5-4-10-25-14-18)21-6-2-3-7-23(21)31-20/h2-7,10,14,19-20,22H,8-9,11-13,15-16H2,1H3/t20-,22-/m0/s1. The van der Waals surface area contributed by atoms with Crippen molar-refractivity contribution in [3.8, 4) is 5.75 Å². The fourth-order valence-electron chi connectivity index (χ4n) is 5.16. The van der Waals surface area contributed by atoms with Crippen LogP contribution in [0.1, 0.15) is 31.7 Å². The highest BCUT2D eigenvalue weighted by atomic mass is 16.5. The minimum atomic E-state index is -0.205. The van der Waals surface area contributed by atoms with Crippen LogP contribution in [-0.2, 0) is 16.1 Å². The van der Waals surface area contributed by atoms with Crippen molar-refractivity contribution in [3.63, 3.8) is 0 Å². The van der Waals surface area contributed by atoms with E-state index in [-0.39, 0.29) is 24.0 Å². The molecule has 4 heterocycles. The van der Waals surface area contributed by atoms with Gasteiger partial charge in [-0.25, -0.2) is 0 Å². The van der Waals surface area contributed by atoms with Crippen molar-refractivity contribution in [1.82, 2.24) is 14.8 Å². The third kappa shape index (κ3) is 3.90. The van der Waals surface area contributed by atoms with Crippen LogP contribution in [0, 0.1) is 0 Å². The number of benzene rings is 1. The molecular formula is C24H28N4O3. The van der Waals surface area contributed by atoms with Gasteiger partial charge in [-0.15, -0.1) is 0 Å². The van der Waals surface area contributed by atoms with Crippen LogP contribution in [0.5, 0.6) is 5.75 Å². The van der Waals surface area contributed by atoms with E-state index in [1.165, 1.54) is 0 Å². The minimum Gasteiger partial charge on any atom is -0.487 e. The maximum absolute atomic E-state index is 13.9. The number of rotatable bonds is 3. The highest BCUT2D eigenvalue weighted by Gasteiger charge is 2.45. The van der Waals surface area contributed by atoms with Gasteiger partial charge in [0.25, 0.3) is 0 Å². The molecule has 3 aliphatic rings. The Labute approximate surface area is 182 Å². The monoisotopic (exact) mass is 420 g/mol. The molecule has 2 aromatic rings. The first-order chi connectivity index (χ1) is 15.1. The van der Waals surface area contributed by atoms with E-state index in [0.717, 1.165) is 49.5 Å². The number of anilines is 1. The molecule has 0 spiro atoms. The number of pyridine rings is 1. The summed E-state index contributed by atoms with van der Waals surface area (Å²) in [5, 5.41) is 0. The molecule has 1 aromatic carbocycles. The fraction of sp³-hybridized carbons (Fsp3) is 0.458. The lowest BCUT2D eigenvalue weighted by Crippen LogP contribution is -2.52. The Balaban J connectivity index is 1.43. The third-order valence-corrected chi connectivity index (χ3v) is 6.74. The number of aromatic nitrogens is 1. The lowest BCUT2D eigenvalue weighted by Gasteiger charge is -2.39. The zero-order chi connectivity index (χ0) is 21.4. The number of para-hydroxylation sites is 2. The second-order valence-corrected chi connectivity index (χ2v) is 8.68. The van der Waals surface area contributed by atoms with E-state index in [1.807, 2.05) is 52.4 Å². The molecular weight excluding hydrogens is 392 g/mol. The van der Waals surface area contributed by atoms with Crippen molar-refractivity contribution in [2.24, 2.45) is 0 Å². The maximum Gasteiger partial charge on any atom is 0.244 e. The molecule has 5 rings (SSSR count). The van der Waals surface area contributed by atoms with Gasteiger partial charge < -0.3 is 14.5 Å². The normalized spacial score (nSPS) is 24.4. The van der Waals surface area contributed by atoms with Crippen molar-refractivity contribution in [1.29, 1.82) is 0 Å². The first kappa shape index (κ1) is 20.0. The Morgan fingerprint density at radius 1 is 1.16 bits per heavy atom. The summed E-state index contributed by atoms with van der Waals surface area (Å²) in [5.41, 5.74) is 1.81. The van der Waals surface area contributed by atoms with Crippen LogP contribution in [0.25, 0.3) is 0 Å². The molecule has 7 nitrogen and oxygen atoms in total. The van der Waals surface area contributed by atoms with Gasteiger partial charge in [0.15, 0.2) is 0 Å². The molecule has 2 saturated heterocycles. The summed E-state index contributed by atoms with van der Waals surface area (Å²) in [7, 11) is 0. The summed E-state index contributed by atoms with van der Waals surface area (Å²) < 4.78 is 6.41. The molecule has 1 aromatic heterocycles. The molecule has 2 bridgehead atoms. The summed E-state index contributed by atoms with van der Waals surface area (Å²) in [6, 6.07) is 11.8. The fourth-order valence-corrected chi connectivity index (χ4v) is 5.16. The molecule has 0 saturated carbocycles. The molecule has 162 valence electrons. The van der Waals surface area contributed by atoms with Gasteiger partial charge in [0.2, 0.25) is 11.8 Å². The Morgan fingerprint density at radius 3 is 2.71 bits per heavy atom. The number of nitrogens with zero attached hydrogens (tertiary/aromatic N) is 4. The molecule has 0 radical (unpaired) electrons. The van der Waals surface area contributed by atoms with Gasteiger partial charge in [-0.3, -0.25) is 19.5 Å². The summed E-state index contributed by atoms with van der Waals surface area (Å²) in [5.74, 6) is 1.01. The number of hydrogen-bond acceptors (Lipinski definition) is 5. The minimum absolute atomic E-state index is 0.00137. The number of carbonyl (C=O) groups excluding carboxylic acids is 2. The van der Waals surface area contributed by atoms with Gasteiger partial charge in [0.1, 0.15) is 11.9 Å². The Kier molecular flexibility index (Phi) is 5.36. The summed E-state index contributed by atoms with van der Waals surface area (Å²) >= 11 is 0. The van der Waals surface area contributed by atoms with Gasteiger partial charge in [-0.05, 0) is 36.6 Å². The summed E-state index contributed by atoms with van der Waals surface area (Å²) in [4.78, 5) is 35.9. The van der Waals surface area contributed by atoms with Crippen LogP contribution in [0.3, 0.4) is 0 Å². The number of ether oxygens (including phenoxy) is 1. The molecule has 31 heavy (non-hydrogen) atoms. The van der Waals surface area contributed by atoms with Crippen LogP contribution >= 0.6 is 0 Å². The van der Waals surface area contributed by atoms with Crippen LogP contribution < -0.4 is 9.64 Å². The Hall–Kier alpha value is -2.93. The number of amides is 2. The van der Waals surface area contributed by atoms with Crippen molar-refractivity contribution in [2.75, 3.05) is 24.5 Å². The van der Waals surface area contributed by atoms with E-state index < -0.39 is 0 Å². The highest BCUT2D eigenvalue weighted by molar-refractivity contribution is 5.99. The molecule has 7 heteroatoms. The van der Waals surface area contributed by atoms with E-state index in [4.69, 9.17) is 4.74 Å². The van der Waals surface area contributed by atoms with E-state index in [2.05, 4.69) is 9.88 Å². The predicted octanol–water partition coefficient (Wildman–Crippen LogP) is 2.46. The first-order valence-electron chi connectivity index (χ1n) is 11.1. The molecule has 2 amide bonds. The van der Waals surface area contributed by atoms with E-state index in [0.29, 0.717) is 19.0 Å². The van der Waals surface area contributed by atoms with Crippen LogP contribution in [0.15, 0.2) is 48.8 Å². The van der Waals surface area contributed by atoms with Crippen molar-refractivity contribution >= 4 is 17.5 Å². The quantitative estimate of drug-likeness (QED) is 0.763. The lowest BCUT2D eigenvalue weighted by atomic mass is 10.0. The number of carbonyl (C=O) groups is 2. The van der Waals surface area contributed by atoms with Crippen LogP contribution in [0.4, 0.5) is 5.69 Å². The summed E-state index contributed by atoms with van der Waals surface area (Å²) in [6.07, 6.45) is 6.04. The molecule has 0 unspecified atom stereocenters. The summed E-state index contributed by atoms with van der Waals surface area (Å²) in [6.45, 7) is 4.34. The van der Waals surface area contributed by atoms with Crippen molar-refractivity contribution in [2.45, 2.75) is 50.9 Å². The third-order valence-electron chi connectivity index (χ3n) is 6.74. The number of piperidine rings is 1. The van der Waals surface area contributed by atoms with Crippen molar-refractivity contribution in [3.05, 3.63) is 54.4 Å². The highest BCUT2D eigenvalue weighted by Crippen LogP contribution is 2.38. The zero-order valence-electron chi connectivity index (χ0n) is 17.8. The van der Waals surface area contributed by atoms with E-state index >= 15 is 0 Å². The first-order valence-corrected chi connectivity index (χ1v) is 11.1. The second kappa shape index (κ2) is 8.30. The zero-order valence-corrected chi connectivity index (χ0v) is 17.8. The number of fused-ring (bicyclic) bond motifs is 3. The SMILES string of the molecule is CC(=O)N1CCC(N2C[C@@H]3C[C@H]2C(=O)N(Cc2cccnc2)c2ccccc2O3)CC1. The lowest BCUT2D eigenvalue weighted by molar-refractivity contribution is -0.131. The molecule has 0 N–H and O–H groups in total. The Bertz CT molecular complexity index is 958. The predicted molar refractivity (Wildman–Crippen MR) is 117 cm³/mol. The van der Waals surface area contributed by atoms with E-state index in [1.54, 1.807) is 13.1 Å². The number of hydrogen-bond donors (Lipinski definition) is 0. The van der Waals surface area contributed by atoms with Gasteiger partial charge >= 0.3 is 0 Å². The van der Waals surface area contributed by atoms with E-state index in [9.17, 15) is 9.59 Å². The largest absolute Gasteiger partial charge is 0.487 e. The smallest absolute Gasteiger partial charge is 0.244 e. The molecule has 2 atom stereocenters. The molecule has 3 aliphatic heterocycles. The van der Waals surface area contributed by atoms with Gasteiger partial charge in [-0.2, -0.15) is 0 Å². The Morgan fingerprint density at radius 2 is 1.97 bits per heavy atom. The number of likely N-dealkylation sites (tertiary alicyclic amines) is 2. The maximum atomic E-state index is 13.9. The molecule has 0 aliphatic carbocycles. The average Bonchev–Trinajstić information content (AvgIpc) is 3.22. The second-order valence-electron chi connectivity index (χ2n) is 8.68. The van der Waals surface area contributed by atoms with Gasteiger partial charge in [-0.1, -0.05) is 18.2 Å². The topological polar surface area (TPSA) is 66.0 Å².